The van der Waals surface area contributed by atoms with Gasteiger partial charge < -0.3 is 5.11 Å². The molecule has 1 saturated heterocycles. The Hall–Kier alpha value is -1.49. The first kappa shape index (κ1) is 13.9. The molecule has 19 heavy (non-hydrogen) atoms. The Bertz CT molecular complexity index is 440. The number of aromatic nitrogens is 2. The molecule has 0 aromatic carbocycles. The monoisotopic (exact) mass is 263 g/mol. The molecule has 1 aromatic rings. The summed E-state index contributed by atoms with van der Waals surface area (Å²) < 4.78 is 0. The van der Waals surface area contributed by atoms with E-state index in [9.17, 15) is 4.79 Å². The van der Waals surface area contributed by atoms with Gasteiger partial charge in [0.05, 0.1) is 5.69 Å². The molecular weight excluding hydrogens is 242 g/mol. The highest BCUT2D eigenvalue weighted by Crippen LogP contribution is 2.25. The van der Waals surface area contributed by atoms with Crippen molar-refractivity contribution in [1.29, 1.82) is 0 Å². The SMILES string of the molecule is CC(C)C1CCN(Cc2ncncc2C(=O)O)CC1. The number of carboxylic acid groups (broad SMARTS) is 1. The summed E-state index contributed by atoms with van der Waals surface area (Å²) in [5.41, 5.74) is 0.832. The Morgan fingerprint density at radius 1 is 1.47 bits per heavy atom. The summed E-state index contributed by atoms with van der Waals surface area (Å²) in [6.45, 7) is 7.19. The van der Waals surface area contributed by atoms with Crippen LogP contribution in [0.25, 0.3) is 0 Å². The molecule has 0 atom stereocenters. The molecule has 5 nitrogen and oxygen atoms in total. The maximum Gasteiger partial charge on any atom is 0.339 e. The van der Waals surface area contributed by atoms with Crippen LogP contribution in [0.3, 0.4) is 0 Å². The van der Waals surface area contributed by atoms with Gasteiger partial charge in [-0.25, -0.2) is 14.8 Å². The number of rotatable bonds is 4. The second-order valence-electron chi connectivity index (χ2n) is 5.55. The second-order valence-corrected chi connectivity index (χ2v) is 5.55. The zero-order valence-corrected chi connectivity index (χ0v) is 11.5. The average Bonchev–Trinajstić information content (AvgIpc) is 2.39. The summed E-state index contributed by atoms with van der Waals surface area (Å²) in [5, 5.41) is 9.11. The lowest BCUT2D eigenvalue weighted by Crippen LogP contribution is -2.35. The van der Waals surface area contributed by atoms with Crippen LogP contribution in [0.2, 0.25) is 0 Å². The van der Waals surface area contributed by atoms with Crippen molar-refractivity contribution in [3.05, 3.63) is 23.8 Å². The van der Waals surface area contributed by atoms with E-state index in [4.69, 9.17) is 5.11 Å². The van der Waals surface area contributed by atoms with Crippen LogP contribution in [0.4, 0.5) is 0 Å². The number of aromatic carboxylic acids is 1. The van der Waals surface area contributed by atoms with Crippen molar-refractivity contribution >= 4 is 5.97 Å². The smallest absolute Gasteiger partial charge is 0.339 e. The van der Waals surface area contributed by atoms with Crippen LogP contribution >= 0.6 is 0 Å². The van der Waals surface area contributed by atoms with E-state index in [1.807, 2.05) is 0 Å². The average molecular weight is 263 g/mol. The molecule has 2 heterocycles. The van der Waals surface area contributed by atoms with Crippen molar-refractivity contribution in [2.45, 2.75) is 33.2 Å². The van der Waals surface area contributed by atoms with Crippen LogP contribution < -0.4 is 0 Å². The predicted molar refractivity (Wildman–Crippen MR) is 71.8 cm³/mol. The molecule has 1 N–H and O–H groups in total. The molecule has 2 rings (SSSR count). The minimum Gasteiger partial charge on any atom is -0.478 e. The van der Waals surface area contributed by atoms with Gasteiger partial charge in [0, 0.05) is 12.7 Å². The lowest BCUT2D eigenvalue weighted by molar-refractivity contribution is 0.0692. The third-order valence-corrected chi connectivity index (χ3v) is 3.97. The molecule has 1 aromatic heterocycles. The summed E-state index contributed by atoms with van der Waals surface area (Å²) in [4.78, 5) is 21.3. The molecule has 1 aliphatic heterocycles. The van der Waals surface area contributed by atoms with Crippen molar-refractivity contribution in [2.24, 2.45) is 11.8 Å². The quantitative estimate of drug-likeness (QED) is 0.900. The first-order valence-electron chi connectivity index (χ1n) is 6.82. The molecule has 0 radical (unpaired) electrons. The van der Waals surface area contributed by atoms with E-state index < -0.39 is 5.97 Å². The van der Waals surface area contributed by atoms with E-state index in [0.717, 1.165) is 24.9 Å². The van der Waals surface area contributed by atoms with Crippen LogP contribution in [-0.2, 0) is 6.54 Å². The molecule has 1 aliphatic rings. The van der Waals surface area contributed by atoms with Crippen LogP contribution in [0.15, 0.2) is 12.5 Å². The molecule has 0 amide bonds. The Labute approximate surface area is 113 Å². The summed E-state index contributed by atoms with van der Waals surface area (Å²) in [7, 11) is 0. The number of nitrogens with zero attached hydrogens (tertiary/aromatic N) is 3. The van der Waals surface area contributed by atoms with E-state index >= 15 is 0 Å². The highest BCUT2D eigenvalue weighted by molar-refractivity contribution is 5.88. The van der Waals surface area contributed by atoms with Gasteiger partial charge in [-0.05, 0) is 37.8 Å². The number of hydrogen-bond acceptors (Lipinski definition) is 4. The fourth-order valence-corrected chi connectivity index (χ4v) is 2.65. The van der Waals surface area contributed by atoms with E-state index in [1.165, 1.54) is 25.4 Å². The Morgan fingerprint density at radius 2 is 2.16 bits per heavy atom. The second kappa shape index (κ2) is 6.10. The Kier molecular flexibility index (Phi) is 4.47. The first-order chi connectivity index (χ1) is 9.08. The first-order valence-corrected chi connectivity index (χ1v) is 6.82. The summed E-state index contributed by atoms with van der Waals surface area (Å²) in [6, 6.07) is 0. The topological polar surface area (TPSA) is 66.3 Å². The van der Waals surface area contributed by atoms with Gasteiger partial charge in [-0.2, -0.15) is 0 Å². The Morgan fingerprint density at radius 3 is 2.74 bits per heavy atom. The lowest BCUT2D eigenvalue weighted by Gasteiger charge is -2.33. The van der Waals surface area contributed by atoms with Gasteiger partial charge in [0.15, 0.2) is 0 Å². The fraction of sp³-hybridized carbons (Fsp3) is 0.643. The third kappa shape index (κ3) is 3.50. The van der Waals surface area contributed by atoms with Crippen molar-refractivity contribution in [2.75, 3.05) is 13.1 Å². The maximum absolute atomic E-state index is 11.1. The summed E-state index contributed by atoms with van der Waals surface area (Å²) >= 11 is 0. The van der Waals surface area contributed by atoms with Crippen LogP contribution in [-0.4, -0.2) is 39.0 Å². The highest BCUT2D eigenvalue weighted by atomic mass is 16.4. The molecule has 0 bridgehead atoms. The number of carbonyl (C=O) groups is 1. The van der Waals surface area contributed by atoms with Crippen molar-refractivity contribution in [3.63, 3.8) is 0 Å². The van der Waals surface area contributed by atoms with E-state index in [0.29, 0.717) is 12.2 Å². The molecule has 5 heteroatoms. The largest absolute Gasteiger partial charge is 0.478 e. The van der Waals surface area contributed by atoms with Gasteiger partial charge in [-0.15, -0.1) is 0 Å². The standard InChI is InChI=1S/C14H21N3O2/c1-10(2)11-3-5-17(6-4-11)8-13-12(14(18)19)7-15-9-16-13/h7,9-11H,3-6,8H2,1-2H3,(H,18,19). The Balaban J connectivity index is 1.98. The lowest BCUT2D eigenvalue weighted by atomic mass is 9.86. The van der Waals surface area contributed by atoms with Crippen molar-refractivity contribution in [1.82, 2.24) is 14.9 Å². The van der Waals surface area contributed by atoms with Crippen molar-refractivity contribution < 1.29 is 9.90 Å². The van der Waals surface area contributed by atoms with Crippen LogP contribution in [0, 0.1) is 11.8 Å². The van der Waals surface area contributed by atoms with E-state index in [-0.39, 0.29) is 5.56 Å². The van der Waals surface area contributed by atoms with Crippen molar-refractivity contribution in [3.8, 4) is 0 Å². The molecule has 0 saturated carbocycles. The zero-order chi connectivity index (χ0) is 13.8. The van der Waals surface area contributed by atoms with E-state index in [1.54, 1.807) is 0 Å². The normalized spacial score (nSPS) is 17.8. The maximum atomic E-state index is 11.1. The molecule has 0 aliphatic carbocycles. The molecular formula is C14H21N3O2. The third-order valence-electron chi connectivity index (χ3n) is 3.97. The fourth-order valence-electron chi connectivity index (χ4n) is 2.65. The molecule has 0 spiro atoms. The molecule has 0 unspecified atom stereocenters. The highest BCUT2D eigenvalue weighted by Gasteiger charge is 2.23. The number of carboxylic acids is 1. The van der Waals surface area contributed by atoms with Gasteiger partial charge in [-0.3, -0.25) is 4.90 Å². The van der Waals surface area contributed by atoms with Crippen LogP contribution in [0.5, 0.6) is 0 Å². The van der Waals surface area contributed by atoms with Gasteiger partial charge in [-0.1, -0.05) is 13.8 Å². The van der Waals surface area contributed by atoms with Gasteiger partial charge in [0.25, 0.3) is 0 Å². The number of piperidine rings is 1. The van der Waals surface area contributed by atoms with Gasteiger partial charge in [0.1, 0.15) is 11.9 Å². The number of hydrogen-bond donors (Lipinski definition) is 1. The van der Waals surface area contributed by atoms with Crippen LogP contribution in [0.1, 0.15) is 42.7 Å². The zero-order valence-electron chi connectivity index (χ0n) is 11.5. The van der Waals surface area contributed by atoms with Gasteiger partial charge >= 0.3 is 5.97 Å². The predicted octanol–water partition coefficient (Wildman–Crippen LogP) is 2.04. The molecule has 1 fully saturated rings. The number of likely N-dealkylation sites (tertiary alicyclic amines) is 1. The minimum absolute atomic E-state index is 0.216. The van der Waals surface area contributed by atoms with E-state index in [2.05, 4.69) is 28.7 Å². The molecule has 104 valence electrons. The van der Waals surface area contributed by atoms with Gasteiger partial charge in [0.2, 0.25) is 0 Å². The minimum atomic E-state index is -0.951. The summed E-state index contributed by atoms with van der Waals surface area (Å²) in [5.74, 6) is 0.573. The summed E-state index contributed by atoms with van der Waals surface area (Å²) in [6.07, 6.45) is 5.17.